The molecule has 1 amide bonds. The Hall–Kier alpha value is -3.97. The highest BCUT2D eigenvalue weighted by Crippen LogP contribution is 2.45. The van der Waals surface area contributed by atoms with Gasteiger partial charge >= 0.3 is 6.09 Å². The summed E-state index contributed by atoms with van der Waals surface area (Å²) < 4.78 is 19.6. The fourth-order valence-electron chi connectivity index (χ4n) is 5.32. The van der Waals surface area contributed by atoms with Gasteiger partial charge in [0.15, 0.2) is 0 Å². The van der Waals surface area contributed by atoms with Crippen molar-refractivity contribution in [3.05, 3.63) is 78.4 Å². The number of carbonyl (C=O) groups is 1. The molecule has 4 aromatic rings. The molecule has 0 radical (unpaired) electrons. The molecule has 7 nitrogen and oxygen atoms in total. The standard InChI is InChI=1S/C31H33N3O4/c1-20(21-6-3-2-4-7-21)37-31(35)33-23-12-10-22(11-13-23)30-29(32)27-15-14-25(38-26-16-17-36-19-26)18-28(27)34(30)24-8-5-9-24/h2-4,6-7,10-15,18,20,24,26H,5,8-9,16-17,19,32H2,1H3,(H,33,35). The van der Waals surface area contributed by atoms with Gasteiger partial charge in [-0.1, -0.05) is 42.5 Å². The monoisotopic (exact) mass is 511 g/mol. The summed E-state index contributed by atoms with van der Waals surface area (Å²) in [7, 11) is 0. The third-order valence-electron chi connectivity index (χ3n) is 7.60. The van der Waals surface area contributed by atoms with Crippen molar-refractivity contribution >= 4 is 28.4 Å². The minimum atomic E-state index is -0.489. The van der Waals surface area contributed by atoms with Crippen LogP contribution in [0.3, 0.4) is 0 Å². The maximum atomic E-state index is 12.5. The average Bonchev–Trinajstić information content (AvgIpc) is 3.50. The van der Waals surface area contributed by atoms with Crippen molar-refractivity contribution in [3.8, 4) is 17.0 Å². The highest BCUT2D eigenvalue weighted by atomic mass is 16.6. The van der Waals surface area contributed by atoms with Gasteiger partial charge in [0.05, 0.1) is 30.1 Å². The zero-order valence-electron chi connectivity index (χ0n) is 21.6. The van der Waals surface area contributed by atoms with Crippen LogP contribution in [0.5, 0.6) is 5.75 Å². The Morgan fingerprint density at radius 2 is 1.84 bits per heavy atom. The molecule has 1 saturated heterocycles. The van der Waals surface area contributed by atoms with Gasteiger partial charge in [0.25, 0.3) is 0 Å². The number of amides is 1. The molecule has 38 heavy (non-hydrogen) atoms. The number of nitrogens with two attached hydrogens (primary N) is 1. The van der Waals surface area contributed by atoms with E-state index in [9.17, 15) is 4.79 Å². The molecule has 2 atom stereocenters. The zero-order chi connectivity index (χ0) is 26.1. The molecule has 2 fully saturated rings. The molecular formula is C31H33N3O4. The first-order valence-electron chi connectivity index (χ1n) is 13.4. The van der Waals surface area contributed by atoms with Crippen molar-refractivity contribution in [3.63, 3.8) is 0 Å². The second kappa shape index (κ2) is 10.4. The Kier molecular flexibility index (Phi) is 6.68. The summed E-state index contributed by atoms with van der Waals surface area (Å²) in [6.07, 6.45) is 3.64. The molecule has 6 rings (SSSR count). The molecule has 1 aliphatic heterocycles. The van der Waals surface area contributed by atoms with E-state index in [0.717, 1.165) is 65.0 Å². The normalized spacial score (nSPS) is 18.2. The minimum absolute atomic E-state index is 0.0961. The predicted molar refractivity (Wildman–Crippen MR) is 149 cm³/mol. The molecule has 2 heterocycles. The van der Waals surface area contributed by atoms with Crippen LogP contribution in [0.4, 0.5) is 16.2 Å². The number of aromatic nitrogens is 1. The maximum absolute atomic E-state index is 12.5. The van der Waals surface area contributed by atoms with Gasteiger partial charge in [-0.2, -0.15) is 0 Å². The number of hydrogen-bond acceptors (Lipinski definition) is 5. The number of rotatable bonds is 7. The number of fused-ring (bicyclic) bond motifs is 1. The summed E-state index contributed by atoms with van der Waals surface area (Å²) in [4.78, 5) is 12.5. The molecule has 2 unspecified atom stereocenters. The van der Waals surface area contributed by atoms with Gasteiger partial charge in [0.2, 0.25) is 0 Å². The third-order valence-corrected chi connectivity index (χ3v) is 7.60. The van der Waals surface area contributed by atoms with E-state index in [4.69, 9.17) is 19.9 Å². The van der Waals surface area contributed by atoms with E-state index in [-0.39, 0.29) is 12.2 Å². The molecule has 2 aliphatic rings. The van der Waals surface area contributed by atoms with Gasteiger partial charge < -0.3 is 24.5 Å². The van der Waals surface area contributed by atoms with Gasteiger partial charge in [-0.05, 0) is 56.0 Å². The van der Waals surface area contributed by atoms with E-state index < -0.39 is 6.09 Å². The van der Waals surface area contributed by atoms with Gasteiger partial charge in [-0.15, -0.1) is 0 Å². The molecule has 3 aromatic carbocycles. The van der Waals surface area contributed by atoms with E-state index in [2.05, 4.69) is 22.0 Å². The molecule has 1 aliphatic carbocycles. The van der Waals surface area contributed by atoms with E-state index in [1.165, 1.54) is 6.42 Å². The average molecular weight is 512 g/mol. The lowest BCUT2D eigenvalue weighted by Gasteiger charge is -2.30. The van der Waals surface area contributed by atoms with Crippen molar-refractivity contribution in [2.45, 2.75) is 50.9 Å². The lowest BCUT2D eigenvalue weighted by molar-refractivity contribution is 0.121. The van der Waals surface area contributed by atoms with Gasteiger partial charge in [-0.3, -0.25) is 5.32 Å². The third kappa shape index (κ3) is 4.82. The fraction of sp³-hybridized carbons (Fsp3) is 0.323. The fourth-order valence-corrected chi connectivity index (χ4v) is 5.32. The Morgan fingerprint density at radius 1 is 1.05 bits per heavy atom. The second-order valence-corrected chi connectivity index (χ2v) is 10.2. The second-order valence-electron chi connectivity index (χ2n) is 10.2. The van der Waals surface area contributed by atoms with Gasteiger partial charge in [-0.25, -0.2) is 4.79 Å². The Labute approximate surface area is 222 Å². The van der Waals surface area contributed by atoms with Gasteiger partial charge in [0, 0.05) is 35.2 Å². The largest absolute Gasteiger partial charge is 0.488 e. The zero-order valence-corrected chi connectivity index (χ0v) is 21.6. The Balaban J connectivity index is 1.24. The number of nitrogens with zero attached hydrogens (tertiary/aromatic N) is 1. The van der Waals surface area contributed by atoms with E-state index in [0.29, 0.717) is 18.3 Å². The van der Waals surface area contributed by atoms with Crippen molar-refractivity contribution in [2.75, 3.05) is 24.3 Å². The Bertz CT molecular complexity index is 1420. The number of carbonyl (C=O) groups excluding carboxylic acids is 1. The van der Waals surface area contributed by atoms with Crippen LogP contribution >= 0.6 is 0 Å². The van der Waals surface area contributed by atoms with Crippen LogP contribution in [0.15, 0.2) is 72.8 Å². The maximum Gasteiger partial charge on any atom is 0.412 e. The molecule has 196 valence electrons. The number of benzene rings is 3. The number of ether oxygens (including phenoxy) is 3. The Morgan fingerprint density at radius 3 is 2.53 bits per heavy atom. The summed E-state index contributed by atoms with van der Waals surface area (Å²) in [5.74, 6) is 0.848. The first-order chi connectivity index (χ1) is 18.6. The summed E-state index contributed by atoms with van der Waals surface area (Å²) in [6.45, 7) is 3.24. The van der Waals surface area contributed by atoms with Crippen LogP contribution in [-0.2, 0) is 9.47 Å². The lowest BCUT2D eigenvalue weighted by atomic mass is 9.92. The SMILES string of the molecule is CC(OC(=O)Nc1ccc(-c2c(N)c3ccc(OC4CCOC4)cc3n2C2CCC2)cc1)c1ccccc1. The summed E-state index contributed by atoms with van der Waals surface area (Å²) in [5, 5.41) is 3.87. The quantitative estimate of drug-likeness (QED) is 0.276. The smallest absolute Gasteiger partial charge is 0.412 e. The number of nitrogen functional groups attached to an aromatic ring is 1. The molecule has 1 saturated carbocycles. The molecule has 0 spiro atoms. The van der Waals surface area contributed by atoms with E-state index in [1.54, 1.807) is 0 Å². The first-order valence-corrected chi connectivity index (χ1v) is 13.4. The number of nitrogens with one attached hydrogen (secondary N) is 1. The molecular weight excluding hydrogens is 478 g/mol. The topological polar surface area (TPSA) is 87.7 Å². The minimum Gasteiger partial charge on any atom is -0.488 e. The van der Waals surface area contributed by atoms with Crippen LogP contribution < -0.4 is 15.8 Å². The first kappa shape index (κ1) is 24.4. The van der Waals surface area contributed by atoms with Crippen LogP contribution in [0.2, 0.25) is 0 Å². The van der Waals surface area contributed by atoms with Crippen LogP contribution in [0.25, 0.3) is 22.2 Å². The highest BCUT2D eigenvalue weighted by Gasteiger charge is 2.27. The highest BCUT2D eigenvalue weighted by molar-refractivity contribution is 6.01. The van der Waals surface area contributed by atoms with Crippen molar-refractivity contribution < 1.29 is 19.0 Å². The number of anilines is 2. The van der Waals surface area contributed by atoms with E-state index >= 15 is 0 Å². The summed E-state index contributed by atoms with van der Waals surface area (Å²) in [5.41, 5.74) is 12.3. The van der Waals surface area contributed by atoms with Crippen LogP contribution in [0, 0.1) is 0 Å². The van der Waals surface area contributed by atoms with Crippen molar-refractivity contribution in [1.29, 1.82) is 0 Å². The summed E-state index contributed by atoms with van der Waals surface area (Å²) in [6, 6.07) is 24.1. The predicted octanol–water partition coefficient (Wildman–Crippen LogP) is 7.09. The van der Waals surface area contributed by atoms with Crippen LogP contribution in [0.1, 0.15) is 50.3 Å². The lowest BCUT2D eigenvalue weighted by Crippen LogP contribution is -2.18. The molecule has 3 N–H and O–H groups in total. The molecule has 0 bridgehead atoms. The van der Waals surface area contributed by atoms with Crippen LogP contribution in [-0.4, -0.2) is 30.0 Å². The van der Waals surface area contributed by atoms with Gasteiger partial charge in [0.1, 0.15) is 18.0 Å². The van der Waals surface area contributed by atoms with Crippen molar-refractivity contribution in [1.82, 2.24) is 4.57 Å². The molecule has 1 aromatic heterocycles. The summed E-state index contributed by atoms with van der Waals surface area (Å²) >= 11 is 0. The van der Waals surface area contributed by atoms with Crippen molar-refractivity contribution in [2.24, 2.45) is 0 Å². The number of hydrogen-bond donors (Lipinski definition) is 2. The molecule has 7 heteroatoms. The van der Waals surface area contributed by atoms with E-state index in [1.807, 2.05) is 67.6 Å².